The Balaban J connectivity index is 2.29. The number of nitrogens with zero attached hydrogens (tertiary/aromatic N) is 3. The first-order chi connectivity index (χ1) is 12.7. The number of esters is 1. The van der Waals surface area contributed by atoms with E-state index in [4.69, 9.17) is 21.1 Å². The van der Waals surface area contributed by atoms with Gasteiger partial charge in [0.15, 0.2) is 0 Å². The number of hydrogen-bond acceptors (Lipinski definition) is 6. The second-order valence-corrected chi connectivity index (χ2v) is 7.47. The fourth-order valence-corrected chi connectivity index (χ4v) is 3.06. The number of ether oxygens (including phenoxy) is 2. The quantitative estimate of drug-likeness (QED) is 0.349. The molecular weight excluding hydrogens is 386 g/mol. The Kier molecular flexibility index (Phi) is 7.21. The van der Waals surface area contributed by atoms with Crippen molar-refractivity contribution in [2.24, 2.45) is 4.99 Å². The highest BCUT2D eigenvalue weighted by molar-refractivity contribution is 7.08. The first-order valence-electron chi connectivity index (χ1n) is 8.62. The zero-order valence-electron chi connectivity index (χ0n) is 16.4. The SMILES string of the molecule is CCOC(=O)c1c(C)nsc1Oc1cc(C)c(/N=C/N(C)C(C)C)cc1Cl. The van der Waals surface area contributed by atoms with Crippen LogP contribution < -0.4 is 4.74 Å². The van der Waals surface area contributed by atoms with E-state index in [1.165, 1.54) is 0 Å². The number of benzene rings is 1. The van der Waals surface area contributed by atoms with Gasteiger partial charge in [-0.05, 0) is 52.3 Å². The summed E-state index contributed by atoms with van der Waals surface area (Å²) in [6.07, 6.45) is 1.77. The number of aromatic nitrogens is 1. The van der Waals surface area contributed by atoms with Crippen LogP contribution in [0.25, 0.3) is 0 Å². The standard InChI is InChI=1S/C19H24ClN3O3S/c1-7-25-18(24)17-13(5)22-27-19(17)26-16-8-12(4)15(9-14(16)20)21-10-23(6)11(2)3/h8-11H,7H2,1-6H3/b21-10+. The molecule has 1 aromatic carbocycles. The van der Waals surface area contributed by atoms with Crippen LogP contribution in [0.1, 0.15) is 42.4 Å². The van der Waals surface area contributed by atoms with Gasteiger partial charge in [-0.2, -0.15) is 4.37 Å². The highest BCUT2D eigenvalue weighted by atomic mass is 35.5. The molecule has 0 atom stereocenters. The Morgan fingerprint density at radius 1 is 1.41 bits per heavy atom. The number of carbonyl (C=O) groups excluding carboxylic acids is 1. The van der Waals surface area contributed by atoms with Crippen molar-refractivity contribution < 1.29 is 14.3 Å². The van der Waals surface area contributed by atoms with Crippen LogP contribution in [0.3, 0.4) is 0 Å². The minimum atomic E-state index is -0.454. The molecule has 0 spiro atoms. The molecule has 8 heteroatoms. The third-order valence-electron chi connectivity index (χ3n) is 3.96. The molecule has 0 unspecified atom stereocenters. The molecule has 0 amide bonds. The summed E-state index contributed by atoms with van der Waals surface area (Å²) in [7, 11) is 1.96. The molecule has 0 N–H and O–H groups in total. The van der Waals surface area contributed by atoms with E-state index in [9.17, 15) is 4.79 Å². The van der Waals surface area contributed by atoms with Gasteiger partial charge in [-0.25, -0.2) is 9.79 Å². The van der Waals surface area contributed by atoms with Crippen molar-refractivity contribution in [3.05, 3.63) is 34.0 Å². The average molecular weight is 410 g/mol. The summed E-state index contributed by atoms with van der Waals surface area (Å²) in [5.74, 6) is -0.0101. The summed E-state index contributed by atoms with van der Waals surface area (Å²) in [4.78, 5) is 18.6. The minimum Gasteiger partial charge on any atom is -0.462 e. The van der Waals surface area contributed by atoms with Gasteiger partial charge in [-0.3, -0.25) is 0 Å². The third kappa shape index (κ3) is 5.20. The zero-order valence-corrected chi connectivity index (χ0v) is 17.9. The van der Waals surface area contributed by atoms with Crippen LogP contribution in [-0.4, -0.2) is 41.3 Å². The van der Waals surface area contributed by atoms with Crippen LogP contribution in [0.5, 0.6) is 10.8 Å². The molecule has 146 valence electrons. The molecule has 0 radical (unpaired) electrons. The van der Waals surface area contributed by atoms with Crippen molar-refractivity contribution in [1.29, 1.82) is 0 Å². The summed E-state index contributed by atoms with van der Waals surface area (Å²) in [6.45, 7) is 9.87. The minimum absolute atomic E-state index is 0.283. The number of rotatable bonds is 7. The van der Waals surface area contributed by atoms with Crippen LogP contribution in [0, 0.1) is 13.8 Å². The number of aliphatic imine (C=N–C) groups is 1. The predicted octanol–water partition coefficient (Wildman–Crippen LogP) is 5.38. The molecule has 27 heavy (non-hydrogen) atoms. The van der Waals surface area contributed by atoms with Crippen molar-refractivity contribution >= 4 is 41.1 Å². The van der Waals surface area contributed by atoms with Crippen molar-refractivity contribution in [3.63, 3.8) is 0 Å². The number of carbonyl (C=O) groups is 1. The van der Waals surface area contributed by atoms with E-state index in [2.05, 4.69) is 23.2 Å². The van der Waals surface area contributed by atoms with Crippen LogP contribution in [0.4, 0.5) is 5.69 Å². The first-order valence-corrected chi connectivity index (χ1v) is 9.77. The second kappa shape index (κ2) is 9.19. The monoisotopic (exact) mass is 409 g/mol. The molecule has 0 saturated heterocycles. The van der Waals surface area contributed by atoms with Gasteiger partial charge in [0.25, 0.3) is 0 Å². The maximum Gasteiger partial charge on any atom is 0.344 e. The Morgan fingerprint density at radius 3 is 2.74 bits per heavy atom. The van der Waals surface area contributed by atoms with Crippen molar-refractivity contribution in [2.75, 3.05) is 13.7 Å². The van der Waals surface area contributed by atoms with Gasteiger partial charge in [0, 0.05) is 24.6 Å². The molecule has 2 aromatic rings. The lowest BCUT2D eigenvalue weighted by atomic mass is 10.2. The lowest BCUT2D eigenvalue weighted by Crippen LogP contribution is -2.24. The summed E-state index contributed by atoms with van der Waals surface area (Å²) < 4.78 is 15.2. The van der Waals surface area contributed by atoms with E-state index in [0.29, 0.717) is 33.1 Å². The topological polar surface area (TPSA) is 64.0 Å². The van der Waals surface area contributed by atoms with Crippen LogP contribution >= 0.6 is 23.1 Å². The Morgan fingerprint density at radius 2 is 2.11 bits per heavy atom. The van der Waals surface area contributed by atoms with Gasteiger partial charge in [0.2, 0.25) is 5.06 Å². The molecule has 1 aromatic heterocycles. The van der Waals surface area contributed by atoms with Gasteiger partial charge in [-0.1, -0.05) is 11.6 Å². The third-order valence-corrected chi connectivity index (χ3v) is 5.07. The molecule has 0 aliphatic heterocycles. The first kappa shape index (κ1) is 21.2. The van der Waals surface area contributed by atoms with Gasteiger partial charge in [-0.15, -0.1) is 0 Å². The normalized spacial score (nSPS) is 11.3. The highest BCUT2D eigenvalue weighted by Gasteiger charge is 2.22. The van der Waals surface area contributed by atoms with E-state index >= 15 is 0 Å². The van der Waals surface area contributed by atoms with E-state index < -0.39 is 5.97 Å². The Bertz CT molecular complexity index is 849. The Hall–Kier alpha value is -2.12. The lowest BCUT2D eigenvalue weighted by Gasteiger charge is -2.17. The fraction of sp³-hybridized carbons (Fsp3) is 0.421. The molecular formula is C19H24ClN3O3S. The number of aryl methyl sites for hydroxylation is 2. The van der Waals surface area contributed by atoms with Crippen molar-refractivity contribution in [3.8, 4) is 10.8 Å². The predicted molar refractivity (Wildman–Crippen MR) is 110 cm³/mol. The molecule has 0 saturated carbocycles. The molecule has 0 fully saturated rings. The summed E-state index contributed by atoms with van der Waals surface area (Å²) in [5, 5.41) is 0.767. The maximum absolute atomic E-state index is 12.2. The summed E-state index contributed by atoms with van der Waals surface area (Å²) in [6, 6.07) is 3.89. The van der Waals surface area contributed by atoms with E-state index in [-0.39, 0.29) is 6.61 Å². The zero-order chi connectivity index (χ0) is 20.1. The van der Waals surface area contributed by atoms with Gasteiger partial charge >= 0.3 is 5.97 Å². The number of halogens is 1. The largest absolute Gasteiger partial charge is 0.462 e. The number of hydrogen-bond donors (Lipinski definition) is 0. The van der Waals surface area contributed by atoms with Crippen LogP contribution in [0.15, 0.2) is 17.1 Å². The van der Waals surface area contributed by atoms with Gasteiger partial charge < -0.3 is 14.4 Å². The fourth-order valence-electron chi connectivity index (χ4n) is 2.10. The van der Waals surface area contributed by atoms with Crippen molar-refractivity contribution in [1.82, 2.24) is 9.27 Å². The molecule has 6 nitrogen and oxygen atoms in total. The Labute approximate surface area is 168 Å². The van der Waals surface area contributed by atoms with E-state index in [0.717, 1.165) is 22.8 Å². The summed E-state index contributed by atoms with van der Waals surface area (Å²) >= 11 is 7.48. The lowest BCUT2D eigenvalue weighted by molar-refractivity contribution is 0.0523. The highest BCUT2D eigenvalue weighted by Crippen LogP contribution is 2.38. The molecule has 0 bridgehead atoms. The molecule has 0 aliphatic rings. The van der Waals surface area contributed by atoms with E-state index in [1.54, 1.807) is 32.3 Å². The van der Waals surface area contributed by atoms with Gasteiger partial charge in [0.05, 0.1) is 29.3 Å². The van der Waals surface area contributed by atoms with Crippen molar-refractivity contribution in [2.45, 2.75) is 40.7 Å². The van der Waals surface area contributed by atoms with E-state index in [1.807, 2.05) is 18.9 Å². The molecule has 1 heterocycles. The molecule has 0 aliphatic carbocycles. The molecule has 2 rings (SSSR count). The van der Waals surface area contributed by atoms with Gasteiger partial charge in [0.1, 0.15) is 11.3 Å². The van der Waals surface area contributed by atoms with Crippen LogP contribution in [0.2, 0.25) is 5.02 Å². The second-order valence-electron chi connectivity index (χ2n) is 6.33. The smallest absolute Gasteiger partial charge is 0.344 e. The summed E-state index contributed by atoms with van der Waals surface area (Å²) in [5.41, 5.74) is 2.56. The van der Waals surface area contributed by atoms with Crippen LogP contribution in [-0.2, 0) is 4.74 Å². The maximum atomic E-state index is 12.2. The average Bonchev–Trinajstić information content (AvgIpc) is 2.96.